The van der Waals surface area contributed by atoms with Crippen LogP contribution in [-0.4, -0.2) is 4.83 Å². The third-order valence-corrected chi connectivity index (χ3v) is 4.07. The standard InChI is InChI=1S/C11H9Br/c12-11-9-5-6-10(11)8-4-2-1-3-7(8)9/h1-6,9-11H/t9-,10-/m0/s1. The van der Waals surface area contributed by atoms with Crippen LogP contribution in [0.25, 0.3) is 0 Å². The van der Waals surface area contributed by atoms with Crippen LogP contribution in [0.15, 0.2) is 36.4 Å². The lowest BCUT2D eigenvalue weighted by Crippen LogP contribution is -2.00. The molecular formula is C11H9Br. The van der Waals surface area contributed by atoms with Crippen LogP contribution in [0.3, 0.4) is 0 Å². The molecule has 0 unspecified atom stereocenters. The van der Waals surface area contributed by atoms with Crippen LogP contribution < -0.4 is 0 Å². The van der Waals surface area contributed by atoms with Gasteiger partial charge in [0.15, 0.2) is 0 Å². The SMILES string of the molecule is BrC1[C@H]2C=C[C@H]1c1ccccc12. The molecule has 0 N–H and O–H groups in total. The third-order valence-electron chi connectivity index (χ3n) is 2.93. The highest BCUT2D eigenvalue weighted by Crippen LogP contribution is 2.51. The summed E-state index contributed by atoms with van der Waals surface area (Å²) in [5.41, 5.74) is 3.04. The van der Waals surface area contributed by atoms with Gasteiger partial charge in [-0.2, -0.15) is 0 Å². The lowest BCUT2D eigenvalue weighted by Gasteiger charge is -2.07. The fourth-order valence-electron chi connectivity index (χ4n) is 2.34. The van der Waals surface area contributed by atoms with Crippen LogP contribution in [-0.2, 0) is 0 Å². The van der Waals surface area contributed by atoms with Gasteiger partial charge < -0.3 is 0 Å². The largest absolute Gasteiger partial charge is 0.0871 e. The molecule has 1 heteroatoms. The van der Waals surface area contributed by atoms with Crippen molar-refractivity contribution >= 4 is 15.9 Å². The zero-order valence-electron chi connectivity index (χ0n) is 6.57. The molecule has 0 radical (unpaired) electrons. The van der Waals surface area contributed by atoms with Gasteiger partial charge in [0.05, 0.1) is 0 Å². The molecule has 3 rings (SSSR count). The van der Waals surface area contributed by atoms with E-state index in [0.717, 1.165) is 0 Å². The van der Waals surface area contributed by atoms with Crippen molar-refractivity contribution < 1.29 is 0 Å². The number of hydrogen-bond donors (Lipinski definition) is 0. The molecule has 0 aliphatic heterocycles. The van der Waals surface area contributed by atoms with Crippen LogP contribution in [0.2, 0.25) is 0 Å². The van der Waals surface area contributed by atoms with Crippen molar-refractivity contribution in [2.45, 2.75) is 16.7 Å². The second kappa shape index (κ2) is 2.23. The Bertz CT molecular complexity index is 321. The van der Waals surface area contributed by atoms with Crippen molar-refractivity contribution in [1.29, 1.82) is 0 Å². The maximum Gasteiger partial charge on any atom is 0.0352 e. The van der Waals surface area contributed by atoms with Crippen LogP contribution in [0, 0.1) is 0 Å². The van der Waals surface area contributed by atoms with Crippen molar-refractivity contribution in [3.63, 3.8) is 0 Å². The van der Waals surface area contributed by atoms with Crippen LogP contribution in [0.5, 0.6) is 0 Å². The summed E-state index contributed by atoms with van der Waals surface area (Å²) < 4.78 is 0. The van der Waals surface area contributed by atoms with E-state index >= 15 is 0 Å². The van der Waals surface area contributed by atoms with Crippen LogP contribution in [0.4, 0.5) is 0 Å². The number of fused-ring (bicyclic) bond motifs is 5. The Labute approximate surface area is 80.4 Å². The van der Waals surface area contributed by atoms with E-state index < -0.39 is 0 Å². The molecule has 0 aromatic heterocycles. The fourth-order valence-corrected chi connectivity index (χ4v) is 3.27. The number of halogens is 1. The van der Waals surface area contributed by atoms with E-state index in [-0.39, 0.29) is 0 Å². The summed E-state index contributed by atoms with van der Waals surface area (Å²) >= 11 is 3.75. The van der Waals surface area contributed by atoms with E-state index in [4.69, 9.17) is 0 Å². The van der Waals surface area contributed by atoms with Crippen molar-refractivity contribution in [1.82, 2.24) is 0 Å². The van der Waals surface area contributed by atoms with Gasteiger partial charge in [0.25, 0.3) is 0 Å². The first-order valence-electron chi connectivity index (χ1n) is 4.29. The third kappa shape index (κ3) is 0.680. The average Bonchev–Trinajstić information content (AvgIpc) is 2.61. The molecule has 2 bridgehead atoms. The number of hydrogen-bond acceptors (Lipinski definition) is 0. The van der Waals surface area contributed by atoms with Gasteiger partial charge >= 0.3 is 0 Å². The zero-order chi connectivity index (χ0) is 8.13. The van der Waals surface area contributed by atoms with Crippen molar-refractivity contribution in [3.8, 4) is 0 Å². The number of allylic oxidation sites excluding steroid dienone is 2. The number of rotatable bonds is 0. The Balaban J connectivity index is 2.25. The van der Waals surface area contributed by atoms with Crippen molar-refractivity contribution in [2.75, 3.05) is 0 Å². The minimum Gasteiger partial charge on any atom is -0.0871 e. The van der Waals surface area contributed by atoms with E-state index in [2.05, 4.69) is 52.3 Å². The summed E-state index contributed by atoms with van der Waals surface area (Å²) in [4.78, 5) is 0.620. The van der Waals surface area contributed by atoms with E-state index in [9.17, 15) is 0 Å². The molecule has 60 valence electrons. The molecule has 0 heterocycles. The van der Waals surface area contributed by atoms with Gasteiger partial charge in [-0.25, -0.2) is 0 Å². The van der Waals surface area contributed by atoms with E-state index in [1.807, 2.05) is 0 Å². The van der Waals surface area contributed by atoms with Gasteiger partial charge in [0.2, 0.25) is 0 Å². The van der Waals surface area contributed by atoms with Gasteiger partial charge in [0, 0.05) is 16.7 Å². The molecule has 2 aliphatic rings. The average molecular weight is 221 g/mol. The first kappa shape index (κ1) is 6.90. The molecule has 0 saturated carbocycles. The summed E-state index contributed by atoms with van der Waals surface area (Å²) in [5.74, 6) is 1.26. The summed E-state index contributed by atoms with van der Waals surface area (Å²) in [7, 11) is 0. The Kier molecular flexibility index (Phi) is 1.28. The molecular weight excluding hydrogens is 212 g/mol. The molecule has 0 saturated heterocycles. The first-order valence-corrected chi connectivity index (χ1v) is 5.21. The molecule has 1 aromatic rings. The van der Waals surface area contributed by atoms with Crippen molar-refractivity contribution in [3.05, 3.63) is 47.5 Å². The van der Waals surface area contributed by atoms with Crippen LogP contribution in [0.1, 0.15) is 23.0 Å². The molecule has 0 amide bonds. The molecule has 12 heavy (non-hydrogen) atoms. The Morgan fingerprint density at radius 1 is 0.917 bits per heavy atom. The van der Waals surface area contributed by atoms with Gasteiger partial charge in [0.1, 0.15) is 0 Å². The molecule has 0 nitrogen and oxygen atoms in total. The lowest BCUT2D eigenvalue weighted by atomic mass is 9.97. The van der Waals surface area contributed by atoms with Crippen LogP contribution >= 0.6 is 15.9 Å². The maximum atomic E-state index is 3.75. The minimum atomic E-state index is 0.620. The summed E-state index contributed by atoms with van der Waals surface area (Å²) in [6, 6.07) is 8.76. The van der Waals surface area contributed by atoms with Crippen molar-refractivity contribution in [2.24, 2.45) is 0 Å². The molecule has 2 atom stereocenters. The summed E-state index contributed by atoms with van der Waals surface area (Å²) in [5, 5.41) is 0. The highest BCUT2D eigenvalue weighted by molar-refractivity contribution is 9.09. The topological polar surface area (TPSA) is 0 Å². The first-order chi connectivity index (χ1) is 5.88. The monoisotopic (exact) mass is 220 g/mol. The predicted molar refractivity (Wildman–Crippen MR) is 53.8 cm³/mol. The lowest BCUT2D eigenvalue weighted by molar-refractivity contribution is 0.842. The smallest absolute Gasteiger partial charge is 0.0352 e. The molecule has 0 fully saturated rings. The van der Waals surface area contributed by atoms with E-state index in [1.165, 1.54) is 11.1 Å². The van der Waals surface area contributed by atoms with Gasteiger partial charge in [-0.3, -0.25) is 0 Å². The summed E-state index contributed by atoms with van der Waals surface area (Å²) in [6.45, 7) is 0. The summed E-state index contributed by atoms with van der Waals surface area (Å²) in [6.07, 6.45) is 4.65. The number of benzene rings is 1. The molecule has 2 aliphatic carbocycles. The van der Waals surface area contributed by atoms with E-state index in [0.29, 0.717) is 16.7 Å². The highest BCUT2D eigenvalue weighted by atomic mass is 79.9. The van der Waals surface area contributed by atoms with E-state index in [1.54, 1.807) is 0 Å². The van der Waals surface area contributed by atoms with Gasteiger partial charge in [-0.1, -0.05) is 52.3 Å². The molecule has 0 spiro atoms. The van der Waals surface area contributed by atoms with Gasteiger partial charge in [-0.05, 0) is 11.1 Å². The highest BCUT2D eigenvalue weighted by Gasteiger charge is 2.39. The zero-order valence-corrected chi connectivity index (χ0v) is 8.16. The Hall–Kier alpha value is -0.560. The predicted octanol–water partition coefficient (Wildman–Crippen LogP) is 3.20. The minimum absolute atomic E-state index is 0.620. The Morgan fingerprint density at radius 3 is 1.92 bits per heavy atom. The fraction of sp³-hybridized carbons (Fsp3) is 0.273. The quantitative estimate of drug-likeness (QED) is 0.466. The second-order valence-electron chi connectivity index (χ2n) is 3.51. The Morgan fingerprint density at radius 2 is 1.42 bits per heavy atom. The normalized spacial score (nSPS) is 35.6. The van der Waals surface area contributed by atoms with Gasteiger partial charge in [-0.15, -0.1) is 0 Å². The second-order valence-corrected chi connectivity index (χ2v) is 4.57. The molecule has 1 aromatic carbocycles. The maximum absolute atomic E-state index is 3.75. The number of alkyl halides is 1.